The zero-order chi connectivity index (χ0) is 15.9. The quantitative estimate of drug-likeness (QED) is 0.706. The summed E-state index contributed by atoms with van der Waals surface area (Å²) in [5.41, 5.74) is 0. The molecule has 0 saturated carbocycles. The Morgan fingerprint density at radius 3 is 1.73 bits per heavy atom. The molecule has 0 amide bonds. The van der Waals surface area contributed by atoms with Gasteiger partial charge in [-0.2, -0.15) is 0 Å². The smallest absolute Gasteiger partial charge is 0.307 e. The lowest BCUT2D eigenvalue weighted by Gasteiger charge is -2.49. The number of rotatable bonds is 6. The number of hydrogen-bond donors (Lipinski definition) is 0. The average Bonchev–Trinajstić information content (AvgIpc) is 2.48. The van der Waals surface area contributed by atoms with E-state index in [1.807, 2.05) is 13.8 Å². The molecule has 2 aliphatic heterocycles. The SMILES string of the molecule is CCOC(=O)C[C@@H]1CCCC2CCC[C@@H](CC(=O)OCC)N21. The lowest BCUT2D eigenvalue weighted by Crippen LogP contribution is -2.55. The van der Waals surface area contributed by atoms with E-state index < -0.39 is 0 Å². The molecule has 0 aromatic rings. The summed E-state index contributed by atoms with van der Waals surface area (Å²) in [7, 11) is 0. The molecule has 0 N–H and O–H groups in total. The molecule has 2 fully saturated rings. The third kappa shape index (κ3) is 4.45. The zero-order valence-corrected chi connectivity index (χ0v) is 13.9. The lowest BCUT2D eigenvalue weighted by molar-refractivity contribution is -0.148. The maximum Gasteiger partial charge on any atom is 0.307 e. The number of fused-ring (bicyclic) bond motifs is 1. The van der Waals surface area contributed by atoms with Gasteiger partial charge in [0.05, 0.1) is 26.1 Å². The van der Waals surface area contributed by atoms with E-state index in [0.717, 1.165) is 25.7 Å². The molecule has 0 aromatic carbocycles. The van der Waals surface area contributed by atoms with Gasteiger partial charge >= 0.3 is 11.9 Å². The summed E-state index contributed by atoms with van der Waals surface area (Å²) < 4.78 is 10.2. The molecule has 0 aliphatic carbocycles. The molecular formula is C17H29NO4. The molecule has 5 heteroatoms. The van der Waals surface area contributed by atoms with Crippen molar-refractivity contribution in [2.24, 2.45) is 0 Å². The minimum Gasteiger partial charge on any atom is -0.466 e. The first kappa shape index (κ1) is 17.3. The largest absolute Gasteiger partial charge is 0.466 e. The normalized spacial score (nSPS) is 26.3. The Hall–Kier alpha value is -1.10. The first-order valence-corrected chi connectivity index (χ1v) is 8.74. The third-order valence-electron chi connectivity index (χ3n) is 4.83. The fraction of sp³-hybridized carbons (Fsp3) is 0.882. The van der Waals surface area contributed by atoms with Crippen molar-refractivity contribution in [3.63, 3.8) is 0 Å². The summed E-state index contributed by atoms with van der Waals surface area (Å²) in [5.74, 6) is -0.234. The summed E-state index contributed by atoms with van der Waals surface area (Å²) in [6.07, 6.45) is 7.63. The highest BCUT2D eigenvalue weighted by molar-refractivity contribution is 5.71. The van der Waals surface area contributed by atoms with E-state index in [4.69, 9.17) is 9.47 Å². The Balaban J connectivity index is 2.02. The number of ether oxygens (including phenoxy) is 2. The van der Waals surface area contributed by atoms with Gasteiger partial charge in [0.2, 0.25) is 0 Å². The summed E-state index contributed by atoms with van der Waals surface area (Å²) >= 11 is 0. The van der Waals surface area contributed by atoms with E-state index in [0.29, 0.717) is 32.1 Å². The molecule has 126 valence electrons. The maximum absolute atomic E-state index is 11.9. The summed E-state index contributed by atoms with van der Waals surface area (Å²) in [5, 5.41) is 0. The highest BCUT2D eigenvalue weighted by atomic mass is 16.5. The number of piperidine rings is 2. The minimum absolute atomic E-state index is 0.117. The van der Waals surface area contributed by atoms with Crippen molar-refractivity contribution in [1.29, 1.82) is 0 Å². The number of carbonyl (C=O) groups excluding carboxylic acids is 2. The number of carbonyl (C=O) groups is 2. The molecule has 2 rings (SSSR count). The van der Waals surface area contributed by atoms with Gasteiger partial charge in [-0.15, -0.1) is 0 Å². The molecule has 0 bridgehead atoms. The van der Waals surface area contributed by atoms with E-state index in [1.54, 1.807) is 0 Å². The molecule has 0 aromatic heterocycles. The second-order valence-corrected chi connectivity index (χ2v) is 6.29. The van der Waals surface area contributed by atoms with Gasteiger partial charge < -0.3 is 9.47 Å². The Morgan fingerprint density at radius 2 is 1.32 bits per heavy atom. The molecular weight excluding hydrogens is 282 g/mol. The number of esters is 2. The standard InChI is InChI=1S/C17H29NO4/c1-3-21-16(19)11-14-9-5-7-13-8-6-10-15(18(13)14)12-17(20)22-4-2/h13-15H,3-12H2,1-2H3/t14-,15-/m0/s1. The predicted octanol–water partition coefficient (Wildman–Crippen LogP) is 2.67. The van der Waals surface area contributed by atoms with Gasteiger partial charge in [0, 0.05) is 18.1 Å². The minimum atomic E-state index is -0.117. The Kier molecular flexibility index (Phi) is 6.68. The first-order valence-electron chi connectivity index (χ1n) is 8.74. The first-order chi connectivity index (χ1) is 10.7. The Labute approximate surface area is 133 Å². The van der Waals surface area contributed by atoms with Crippen LogP contribution in [0.2, 0.25) is 0 Å². The van der Waals surface area contributed by atoms with E-state index in [9.17, 15) is 9.59 Å². The van der Waals surface area contributed by atoms with Crippen molar-refractivity contribution in [2.45, 2.75) is 83.3 Å². The highest BCUT2D eigenvalue weighted by Crippen LogP contribution is 2.36. The molecule has 2 atom stereocenters. The van der Waals surface area contributed by atoms with Crippen LogP contribution in [-0.2, 0) is 19.1 Å². The summed E-state index contributed by atoms with van der Waals surface area (Å²) in [4.78, 5) is 26.2. The second-order valence-electron chi connectivity index (χ2n) is 6.29. The van der Waals surface area contributed by atoms with Crippen molar-refractivity contribution < 1.29 is 19.1 Å². The molecule has 22 heavy (non-hydrogen) atoms. The zero-order valence-electron chi connectivity index (χ0n) is 13.9. The van der Waals surface area contributed by atoms with Crippen molar-refractivity contribution in [1.82, 2.24) is 4.90 Å². The van der Waals surface area contributed by atoms with Crippen LogP contribution in [-0.4, -0.2) is 48.2 Å². The maximum atomic E-state index is 11.9. The lowest BCUT2D eigenvalue weighted by atomic mass is 9.83. The van der Waals surface area contributed by atoms with Gasteiger partial charge in [-0.25, -0.2) is 0 Å². The number of hydrogen-bond acceptors (Lipinski definition) is 5. The topological polar surface area (TPSA) is 55.8 Å². The third-order valence-corrected chi connectivity index (χ3v) is 4.83. The molecule has 2 aliphatic rings. The molecule has 0 spiro atoms. The van der Waals surface area contributed by atoms with Crippen LogP contribution in [0.1, 0.15) is 65.2 Å². The van der Waals surface area contributed by atoms with E-state index in [-0.39, 0.29) is 24.0 Å². The van der Waals surface area contributed by atoms with E-state index >= 15 is 0 Å². The molecule has 5 nitrogen and oxygen atoms in total. The van der Waals surface area contributed by atoms with Crippen molar-refractivity contribution in [2.75, 3.05) is 13.2 Å². The van der Waals surface area contributed by atoms with Gasteiger partial charge in [-0.3, -0.25) is 14.5 Å². The van der Waals surface area contributed by atoms with Gasteiger partial charge in [0.15, 0.2) is 0 Å². The van der Waals surface area contributed by atoms with Crippen LogP contribution in [0.25, 0.3) is 0 Å². The van der Waals surface area contributed by atoms with Crippen molar-refractivity contribution in [3.8, 4) is 0 Å². The summed E-state index contributed by atoms with van der Waals surface area (Å²) in [6, 6.07) is 0.955. The van der Waals surface area contributed by atoms with Crippen LogP contribution < -0.4 is 0 Å². The summed E-state index contributed by atoms with van der Waals surface area (Å²) in [6.45, 7) is 4.54. The number of nitrogens with zero attached hydrogens (tertiary/aromatic N) is 1. The average molecular weight is 311 g/mol. The van der Waals surface area contributed by atoms with Crippen LogP contribution in [0.15, 0.2) is 0 Å². The van der Waals surface area contributed by atoms with Gasteiger partial charge in [0.1, 0.15) is 0 Å². The van der Waals surface area contributed by atoms with Crippen LogP contribution >= 0.6 is 0 Å². The predicted molar refractivity (Wildman–Crippen MR) is 83.4 cm³/mol. The van der Waals surface area contributed by atoms with E-state index in [2.05, 4.69) is 4.90 Å². The van der Waals surface area contributed by atoms with Gasteiger partial charge in [0.25, 0.3) is 0 Å². The molecule has 0 radical (unpaired) electrons. The van der Waals surface area contributed by atoms with E-state index in [1.165, 1.54) is 12.8 Å². The van der Waals surface area contributed by atoms with Crippen LogP contribution in [0.5, 0.6) is 0 Å². The highest BCUT2D eigenvalue weighted by Gasteiger charge is 2.39. The molecule has 2 saturated heterocycles. The fourth-order valence-electron chi connectivity index (χ4n) is 4.05. The van der Waals surface area contributed by atoms with Gasteiger partial charge in [-0.1, -0.05) is 12.8 Å². The Bertz CT molecular complexity index is 351. The molecule has 2 heterocycles. The van der Waals surface area contributed by atoms with Crippen LogP contribution in [0.4, 0.5) is 0 Å². The van der Waals surface area contributed by atoms with Crippen LogP contribution in [0.3, 0.4) is 0 Å². The molecule has 0 unspecified atom stereocenters. The monoisotopic (exact) mass is 311 g/mol. The van der Waals surface area contributed by atoms with Gasteiger partial charge in [-0.05, 0) is 39.5 Å². The Morgan fingerprint density at radius 1 is 0.864 bits per heavy atom. The van der Waals surface area contributed by atoms with Crippen LogP contribution in [0, 0.1) is 0 Å². The van der Waals surface area contributed by atoms with Crippen molar-refractivity contribution in [3.05, 3.63) is 0 Å². The second kappa shape index (κ2) is 8.51. The van der Waals surface area contributed by atoms with Crippen molar-refractivity contribution >= 4 is 11.9 Å². The fourth-order valence-corrected chi connectivity index (χ4v) is 4.05.